The van der Waals surface area contributed by atoms with E-state index < -0.39 is 0 Å². The second-order valence-corrected chi connectivity index (χ2v) is 7.23. The summed E-state index contributed by atoms with van der Waals surface area (Å²) < 4.78 is 6.84. The smallest absolute Gasteiger partial charge is 0.220 e. The van der Waals surface area contributed by atoms with Crippen molar-refractivity contribution in [1.82, 2.24) is 5.32 Å². The average Bonchev–Trinajstić information content (AvgIpc) is 2.98. The fourth-order valence-electron chi connectivity index (χ4n) is 3.30. The van der Waals surface area contributed by atoms with E-state index >= 15 is 0 Å². The number of ether oxygens (including phenoxy) is 1. The third-order valence-corrected chi connectivity index (χ3v) is 5.54. The highest BCUT2D eigenvalue weighted by Crippen LogP contribution is 2.32. The largest absolute Gasteiger partial charge is 0.376 e. The third kappa shape index (κ3) is 3.87. The Morgan fingerprint density at radius 3 is 2.38 bits per heavy atom. The van der Waals surface area contributed by atoms with Gasteiger partial charge in [-0.1, -0.05) is 58.4 Å². The summed E-state index contributed by atoms with van der Waals surface area (Å²) in [5.41, 5.74) is 3.48. The van der Waals surface area contributed by atoms with Crippen LogP contribution in [0.5, 0.6) is 0 Å². The molecule has 1 N–H and O–H groups in total. The van der Waals surface area contributed by atoms with Crippen molar-refractivity contribution < 1.29 is 9.53 Å². The van der Waals surface area contributed by atoms with Gasteiger partial charge < -0.3 is 10.1 Å². The molecule has 0 unspecified atom stereocenters. The van der Waals surface area contributed by atoms with Crippen LogP contribution in [0.4, 0.5) is 0 Å². The van der Waals surface area contributed by atoms with Crippen LogP contribution in [-0.4, -0.2) is 25.2 Å². The number of aryl methyl sites for hydroxylation is 1. The van der Waals surface area contributed by atoms with Crippen molar-refractivity contribution in [3.05, 3.63) is 69.7 Å². The Balaban J connectivity index is 1.53. The van der Waals surface area contributed by atoms with Crippen LogP contribution in [0.15, 0.2) is 53.0 Å². The number of halogens is 1. The summed E-state index contributed by atoms with van der Waals surface area (Å²) in [7, 11) is 1.74. The summed E-state index contributed by atoms with van der Waals surface area (Å²) in [5.74, 6) is 0.0677. The molecule has 1 aliphatic carbocycles. The SMILES string of the molecule is COC1(CNC(=O)CCc2ccccc2Br)Cc2ccccc2C1. The maximum atomic E-state index is 12.2. The first-order valence-corrected chi connectivity index (χ1v) is 9.03. The van der Waals surface area contributed by atoms with Crippen LogP contribution in [0.1, 0.15) is 23.1 Å². The fourth-order valence-corrected chi connectivity index (χ4v) is 3.78. The Kier molecular flexibility index (Phi) is 5.36. The van der Waals surface area contributed by atoms with Gasteiger partial charge >= 0.3 is 0 Å². The van der Waals surface area contributed by atoms with E-state index in [-0.39, 0.29) is 11.5 Å². The van der Waals surface area contributed by atoms with Gasteiger partial charge in [-0.2, -0.15) is 0 Å². The maximum Gasteiger partial charge on any atom is 0.220 e. The lowest BCUT2D eigenvalue weighted by molar-refractivity contribution is -0.122. The predicted octanol–water partition coefficient (Wildman–Crippen LogP) is 3.68. The van der Waals surface area contributed by atoms with E-state index in [4.69, 9.17) is 4.74 Å². The van der Waals surface area contributed by atoms with Crippen LogP contribution in [0, 0.1) is 0 Å². The minimum absolute atomic E-state index is 0.0677. The molecular weight excluding hydrogens is 366 g/mol. The molecule has 3 nitrogen and oxygen atoms in total. The van der Waals surface area contributed by atoms with Crippen molar-refractivity contribution >= 4 is 21.8 Å². The van der Waals surface area contributed by atoms with E-state index in [0.29, 0.717) is 13.0 Å². The van der Waals surface area contributed by atoms with Gasteiger partial charge in [-0.15, -0.1) is 0 Å². The zero-order chi connectivity index (χ0) is 17.0. The molecule has 0 aromatic heterocycles. The van der Waals surface area contributed by atoms with Gasteiger partial charge in [0.1, 0.15) is 0 Å². The molecule has 24 heavy (non-hydrogen) atoms. The number of methoxy groups -OCH3 is 1. The molecule has 2 aromatic rings. The molecule has 0 heterocycles. The molecule has 1 amide bonds. The summed E-state index contributed by atoms with van der Waals surface area (Å²) in [4.78, 5) is 12.2. The second-order valence-electron chi connectivity index (χ2n) is 6.38. The lowest BCUT2D eigenvalue weighted by Gasteiger charge is -2.27. The number of hydrogen-bond donors (Lipinski definition) is 1. The topological polar surface area (TPSA) is 38.3 Å². The normalized spacial score (nSPS) is 15.1. The Labute approximate surface area is 151 Å². The highest BCUT2D eigenvalue weighted by atomic mass is 79.9. The monoisotopic (exact) mass is 387 g/mol. The first-order chi connectivity index (χ1) is 11.6. The molecule has 3 rings (SSSR count). The van der Waals surface area contributed by atoms with Crippen LogP contribution in [0.3, 0.4) is 0 Å². The highest BCUT2D eigenvalue weighted by Gasteiger charge is 2.37. The summed E-state index contributed by atoms with van der Waals surface area (Å²) in [6.07, 6.45) is 2.91. The number of amides is 1. The van der Waals surface area contributed by atoms with Gasteiger partial charge in [0.2, 0.25) is 5.91 Å². The van der Waals surface area contributed by atoms with E-state index in [9.17, 15) is 4.79 Å². The molecule has 126 valence electrons. The lowest BCUT2D eigenvalue weighted by atomic mass is 10.00. The van der Waals surface area contributed by atoms with Crippen molar-refractivity contribution in [3.8, 4) is 0 Å². The minimum atomic E-state index is -0.313. The third-order valence-electron chi connectivity index (χ3n) is 4.76. The summed E-state index contributed by atoms with van der Waals surface area (Å²) in [6.45, 7) is 0.549. The van der Waals surface area contributed by atoms with Crippen molar-refractivity contribution in [2.45, 2.75) is 31.3 Å². The Bertz CT molecular complexity index is 704. The molecule has 0 radical (unpaired) electrons. The molecule has 0 atom stereocenters. The number of hydrogen-bond acceptors (Lipinski definition) is 2. The number of rotatable bonds is 6. The molecule has 0 spiro atoms. The first kappa shape index (κ1) is 17.2. The molecule has 0 bridgehead atoms. The van der Waals surface area contributed by atoms with Gasteiger partial charge in [0.15, 0.2) is 0 Å². The van der Waals surface area contributed by atoms with Crippen LogP contribution in [-0.2, 0) is 28.8 Å². The van der Waals surface area contributed by atoms with Gasteiger partial charge in [-0.05, 0) is 29.2 Å². The molecule has 0 saturated carbocycles. The van der Waals surface area contributed by atoms with Crippen molar-refractivity contribution in [1.29, 1.82) is 0 Å². The Morgan fingerprint density at radius 2 is 1.75 bits per heavy atom. The standard InChI is InChI=1S/C20H22BrNO2/c1-24-20(12-16-7-2-3-8-17(16)13-20)14-22-19(23)11-10-15-6-4-5-9-18(15)21/h2-9H,10-14H2,1H3,(H,22,23). The number of fused-ring (bicyclic) bond motifs is 1. The van der Waals surface area contributed by atoms with Crippen LogP contribution < -0.4 is 5.32 Å². The van der Waals surface area contributed by atoms with Gasteiger partial charge in [-0.3, -0.25) is 4.79 Å². The van der Waals surface area contributed by atoms with Crippen molar-refractivity contribution in [3.63, 3.8) is 0 Å². The molecule has 1 aliphatic rings. The van der Waals surface area contributed by atoms with Crippen molar-refractivity contribution in [2.24, 2.45) is 0 Å². The Morgan fingerprint density at radius 1 is 1.12 bits per heavy atom. The predicted molar refractivity (Wildman–Crippen MR) is 99.1 cm³/mol. The van der Waals surface area contributed by atoms with E-state index in [1.807, 2.05) is 24.3 Å². The van der Waals surface area contributed by atoms with Crippen LogP contribution >= 0.6 is 15.9 Å². The first-order valence-electron chi connectivity index (χ1n) is 8.24. The van der Waals surface area contributed by atoms with Crippen LogP contribution in [0.25, 0.3) is 0 Å². The molecule has 4 heteroatoms. The van der Waals surface area contributed by atoms with Crippen molar-refractivity contribution in [2.75, 3.05) is 13.7 Å². The molecule has 2 aromatic carbocycles. The molecule has 0 saturated heterocycles. The zero-order valence-electron chi connectivity index (χ0n) is 13.8. The van der Waals surface area contributed by atoms with E-state index in [2.05, 4.69) is 45.5 Å². The quantitative estimate of drug-likeness (QED) is 0.820. The average molecular weight is 388 g/mol. The molecule has 0 aliphatic heterocycles. The van der Waals surface area contributed by atoms with Gasteiger partial charge in [0.25, 0.3) is 0 Å². The summed E-state index contributed by atoms with van der Waals surface area (Å²) in [6, 6.07) is 16.4. The minimum Gasteiger partial charge on any atom is -0.376 e. The van der Waals surface area contributed by atoms with Gasteiger partial charge in [-0.25, -0.2) is 0 Å². The number of nitrogens with one attached hydrogen (secondary N) is 1. The maximum absolute atomic E-state index is 12.2. The number of carbonyl (C=O) groups excluding carboxylic acids is 1. The number of benzene rings is 2. The molecular formula is C20H22BrNO2. The number of carbonyl (C=O) groups is 1. The van der Waals surface area contributed by atoms with Crippen LogP contribution in [0.2, 0.25) is 0 Å². The van der Waals surface area contributed by atoms with E-state index in [1.165, 1.54) is 11.1 Å². The Hall–Kier alpha value is -1.65. The van der Waals surface area contributed by atoms with Gasteiger partial charge in [0.05, 0.1) is 5.60 Å². The summed E-state index contributed by atoms with van der Waals surface area (Å²) in [5, 5.41) is 3.06. The zero-order valence-corrected chi connectivity index (χ0v) is 15.4. The second kappa shape index (κ2) is 7.49. The van der Waals surface area contributed by atoms with Gasteiger partial charge in [0, 0.05) is 37.4 Å². The fraction of sp³-hybridized carbons (Fsp3) is 0.350. The van der Waals surface area contributed by atoms with E-state index in [1.54, 1.807) is 7.11 Å². The highest BCUT2D eigenvalue weighted by molar-refractivity contribution is 9.10. The lowest BCUT2D eigenvalue weighted by Crippen LogP contribution is -2.45. The van der Waals surface area contributed by atoms with E-state index in [0.717, 1.165) is 29.3 Å². The molecule has 0 fully saturated rings. The summed E-state index contributed by atoms with van der Waals surface area (Å²) >= 11 is 3.52.